The van der Waals surface area contributed by atoms with Crippen molar-refractivity contribution in [3.05, 3.63) is 0 Å². The van der Waals surface area contributed by atoms with Gasteiger partial charge in [-0.05, 0) is 38.9 Å². The average Bonchev–Trinajstić information content (AvgIpc) is 2.34. The molecule has 1 nitrogen and oxygen atoms in total. The van der Waals surface area contributed by atoms with Crippen molar-refractivity contribution >= 4 is 0 Å². The van der Waals surface area contributed by atoms with Crippen LogP contribution in [0.1, 0.15) is 85.0 Å². The van der Waals surface area contributed by atoms with E-state index in [0.717, 1.165) is 0 Å². The molecule has 17 heavy (non-hydrogen) atoms. The summed E-state index contributed by atoms with van der Waals surface area (Å²) in [6.45, 7) is 10.9. The van der Waals surface area contributed by atoms with Crippen molar-refractivity contribution in [2.45, 2.75) is 85.0 Å². The van der Waals surface area contributed by atoms with Crippen molar-refractivity contribution in [1.82, 2.24) is 4.90 Å². The zero-order valence-corrected chi connectivity index (χ0v) is 12.6. The van der Waals surface area contributed by atoms with Crippen LogP contribution in [0.5, 0.6) is 0 Å². The molecule has 0 heterocycles. The van der Waals surface area contributed by atoms with Crippen molar-refractivity contribution in [2.75, 3.05) is 19.6 Å². The van der Waals surface area contributed by atoms with Crippen LogP contribution in [0, 0.1) is 0 Å². The first-order valence-electron chi connectivity index (χ1n) is 8.07. The van der Waals surface area contributed by atoms with E-state index in [0.29, 0.717) is 0 Å². The normalized spacial score (nSPS) is 11.3. The average molecular weight is 241 g/mol. The quantitative estimate of drug-likeness (QED) is 0.398. The van der Waals surface area contributed by atoms with Crippen LogP contribution in [0.4, 0.5) is 0 Å². The Morgan fingerprint density at radius 3 is 1.24 bits per heavy atom. The summed E-state index contributed by atoms with van der Waals surface area (Å²) < 4.78 is 0. The van der Waals surface area contributed by atoms with E-state index in [1.807, 2.05) is 0 Å². The first-order chi connectivity index (χ1) is 8.35. The highest BCUT2D eigenvalue weighted by Gasteiger charge is 2.03. The Morgan fingerprint density at radius 2 is 0.824 bits per heavy atom. The lowest BCUT2D eigenvalue weighted by atomic mass is 10.1. The maximum absolute atomic E-state index is 2.71. The van der Waals surface area contributed by atoms with Gasteiger partial charge in [-0.25, -0.2) is 0 Å². The van der Waals surface area contributed by atoms with Crippen LogP contribution in [0.3, 0.4) is 0 Å². The third-order valence-electron chi connectivity index (χ3n) is 3.48. The van der Waals surface area contributed by atoms with E-state index in [4.69, 9.17) is 0 Å². The molecule has 0 aromatic heterocycles. The molecule has 0 amide bonds. The molecule has 0 saturated carbocycles. The van der Waals surface area contributed by atoms with Gasteiger partial charge in [-0.15, -0.1) is 0 Å². The van der Waals surface area contributed by atoms with Gasteiger partial charge in [-0.1, -0.05) is 65.7 Å². The molecule has 0 bridgehead atoms. The second kappa shape index (κ2) is 14.0. The van der Waals surface area contributed by atoms with Crippen LogP contribution in [-0.4, -0.2) is 24.5 Å². The third kappa shape index (κ3) is 12.2. The van der Waals surface area contributed by atoms with Gasteiger partial charge in [-0.3, -0.25) is 0 Å². The predicted octanol–water partition coefficient (Wildman–Crippen LogP) is 5.25. The van der Waals surface area contributed by atoms with E-state index < -0.39 is 0 Å². The maximum Gasteiger partial charge on any atom is -0.00187 e. The van der Waals surface area contributed by atoms with E-state index in [2.05, 4.69) is 25.7 Å². The van der Waals surface area contributed by atoms with Crippen molar-refractivity contribution in [3.8, 4) is 0 Å². The van der Waals surface area contributed by atoms with E-state index in [1.54, 1.807) is 0 Å². The second-order valence-corrected chi connectivity index (χ2v) is 5.32. The molecule has 0 aromatic carbocycles. The van der Waals surface area contributed by atoms with Crippen LogP contribution in [-0.2, 0) is 0 Å². The Balaban J connectivity index is 3.60. The van der Waals surface area contributed by atoms with Gasteiger partial charge < -0.3 is 4.90 Å². The van der Waals surface area contributed by atoms with E-state index in [9.17, 15) is 0 Å². The van der Waals surface area contributed by atoms with Crippen molar-refractivity contribution < 1.29 is 0 Å². The largest absolute Gasteiger partial charge is 0.303 e. The first-order valence-corrected chi connectivity index (χ1v) is 8.07. The Morgan fingerprint density at radius 1 is 0.471 bits per heavy atom. The fourth-order valence-corrected chi connectivity index (χ4v) is 2.27. The first kappa shape index (κ1) is 17.0. The molecule has 0 aliphatic carbocycles. The van der Waals surface area contributed by atoms with Gasteiger partial charge in [0.25, 0.3) is 0 Å². The number of unbranched alkanes of at least 4 members (excludes halogenated alkanes) is 7. The molecule has 0 aromatic rings. The summed E-state index contributed by atoms with van der Waals surface area (Å²) in [6, 6.07) is 0. The van der Waals surface area contributed by atoms with Crippen LogP contribution in [0.15, 0.2) is 0 Å². The topological polar surface area (TPSA) is 3.24 Å². The molecule has 104 valence electrons. The van der Waals surface area contributed by atoms with E-state index in [1.165, 1.54) is 83.8 Å². The SMILES string of the molecule is CCCCCCN(CCCCC)CCCCC. The van der Waals surface area contributed by atoms with Crippen molar-refractivity contribution in [1.29, 1.82) is 0 Å². The van der Waals surface area contributed by atoms with Gasteiger partial charge in [0.15, 0.2) is 0 Å². The number of hydrogen-bond donors (Lipinski definition) is 0. The minimum absolute atomic E-state index is 1.34. The molecular weight excluding hydrogens is 206 g/mol. The van der Waals surface area contributed by atoms with E-state index >= 15 is 0 Å². The highest BCUT2D eigenvalue weighted by atomic mass is 15.1. The molecule has 1 heteroatoms. The minimum atomic E-state index is 1.34. The van der Waals surface area contributed by atoms with Crippen LogP contribution in [0.25, 0.3) is 0 Å². The van der Waals surface area contributed by atoms with Crippen molar-refractivity contribution in [2.24, 2.45) is 0 Å². The molecular formula is C16H35N. The molecule has 0 unspecified atom stereocenters. The summed E-state index contributed by atoms with van der Waals surface area (Å²) in [5, 5.41) is 0. The summed E-state index contributed by atoms with van der Waals surface area (Å²) in [5.41, 5.74) is 0. The molecule has 0 spiro atoms. The minimum Gasteiger partial charge on any atom is -0.303 e. The standard InChI is InChI=1S/C16H35N/c1-4-7-10-13-16-17(14-11-8-5-2)15-12-9-6-3/h4-16H2,1-3H3. The van der Waals surface area contributed by atoms with Gasteiger partial charge in [0.05, 0.1) is 0 Å². The number of rotatable bonds is 13. The van der Waals surface area contributed by atoms with Gasteiger partial charge in [0, 0.05) is 0 Å². The lowest BCUT2D eigenvalue weighted by Gasteiger charge is -2.22. The summed E-state index contributed by atoms with van der Waals surface area (Å²) >= 11 is 0. The van der Waals surface area contributed by atoms with Crippen LogP contribution < -0.4 is 0 Å². The summed E-state index contributed by atoms with van der Waals surface area (Å²) in [6.07, 6.45) is 13.9. The van der Waals surface area contributed by atoms with E-state index in [-0.39, 0.29) is 0 Å². The number of nitrogens with zero attached hydrogens (tertiary/aromatic N) is 1. The predicted molar refractivity (Wildman–Crippen MR) is 79.6 cm³/mol. The lowest BCUT2D eigenvalue weighted by molar-refractivity contribution is 0.256. The maximum atomic E-state index is 2.71. The molecule has 0 saturated heterocycles. The van der Waals surface area contributed by atoms with Gasteiger partial charge in [-0.2, -0.15) is 0 Å². The Bertz CT molecular complexity index is 123. The zero-order valence-electron chi connectivity index (χ0n) is 12.6. The van der Waals surface area contributed by atoms with Gasteiger partial charge >= 0.3 is 0 Å². The number of hydrogen-bond acceptors (Lipinski definition) is 1. The second-order valence-electron chi connectivity index (χ2n) is 5.32. The fraction of sp³-hybridized carbons (Fsp3) is 1.00. The lowest BCUT2D eigenvalue weighted by Crippen LogP contribution is -2.27. The van der Waals surface area contributed by atoms with Crippen LogP contribution in [0.2, 0.25) is 0 Å². The highest BCUT2D eigenvalue weighted by molar-refractivity contribution is 4.59. The summed E-state index contributed by atoms with van der Waals surface area (Å²) in [4.78, 5) is 2.71. The molecule has 0 aliphatic rings. The van der Waals surface area contributed by atoms with Crippen molar-refractivity contribution in [3.63, 3.8) is 0 Å². The summed E-state index contributed by atoms with van der Waals surface area (Å²) in [5.74, 6) is 0. The molecule has 0 N–H and O–H groups in total. The van der Waals surface area contributed by atoms with Gasteiger partial charge in [0.2, 0.25) is 0 Å². The molecule has 0 aliphatic heterocycles. The Kier molecular flexibility index (Phi) is 14.0. The smallest absolute Gasteiger partial charge is 0.00187 e. The third-order valence-corrected chi connectivity index (χ3v) is 3.48. The zero-order chi connectivity index (χ0) is 12.8. The molecule has 0 radical (unpaired) electrons. The Labute approximate surface area is 110 Å². The summed E-state index contributed by atoms with van der Waals surface area (Å²) in [7, 11) is 0. The van der Waals surface area contributed by atoms with Crippen LogP contribution >= 0.6 is 0 Å². The molecule has 0 fully saturated rings. The monoisotopic (exact) mass is 241 g/mol. The van der Waals surface area contributed by atoms with Gasteiger partial charge in [0.1, 0.15) is 0 Å². The Hall–Kier alpha value is -0.0400. The molecule has 0 rings (SSSR count). The highest BCUT2D eigenvalue weighted by Crippen LogP contribution is 2.06. The fourth-order valence-electron chi connectivity index (χ4n) is 2.27. The molecule has 0 atom stereocenters.